The van der Waals surface area contributed by atoms with Crippen molar-refractivity contribution in [1.82, 2.24) is 19.5 Å². The molecule has 7 heteroatoms. The van der Waals surface area contributed by atoms with E-state index in [2.05, 4.69) is 14.8 Å². The van der Waals surface area contributed by atoms with E-state index in [1.54, 1.807) is 17.1 Å². The normalized spacial score (nSPS) is 15.4. The van der Waals surface area contributed by atoms with E-state index >= 15 is 0 Å². The lowest BCUT2D eigenvalue weighted by atomic mass is 10.2. The minimum atomic E-state index is -3.14. The Balaban J connectivity index is 1.67. The van der Waals surface area contributed by atoms with Crippen LogP contribution in [0.5, 0.6) is 0 Å². The molecule has 0 unspecified atom stereocenters. The average Bonchev–Trinajstić information content (AvgIpc) is 3.21. The fourth-order valence-corrected chi connectivity index (χ4v) is 3.29. The minimum Gasteiger partial charge on any atom is -0.275 e. The molecule has 1 aliphatic rings. The molecule has 0 aromatic carbocycles. The Morgan fingerprint density at radius 1 is 1.35 bits per heavy atom. The van der Waals surface area contributed by atoms with Crippen LogP contribution in [0.4, 0.5) is 0 Å². The van der Waals surface area contributed by atoms with E-state index in [1.807, 2.05) is 25.4 Å². The maximum Gasteiger partial charge on any atom is 0.214 e. The van der Waals surface area contributed by atoms with Gasteiger partial charge >= 0.3 is 0 Å². The average molecular weight is 292 g/mol. The van der Waals surface area contributed by atoms with Crippen molar-refractivity contribution >= 4 is 10.0 Å². The van der Waals surface area contributed by atoms with Gasteiger partial charge in [0.25, 0.3) is 0 Å². The van der Waals surface area contributed by atoms with Crippen molar-refractivity contribution in [2.75, 3.05) is 0 Å². The highest BCUT2D eigenvalue weighted by atomic mass is 32.2. The van der Waals surface area contributed by atoms with Crippen LogP contribution in [0.2, 0.25) is 0 Å². The third-order valence-electron chi connectivity index (χ3n) is 3.27. The van der Waals surface area contributed by atoms with Gasteiger partial charge in [0.05, 0.1) is 17.1 Å². The minimum absolute atomic E-state index is 0.190. The Hall–Kier alpha value is -1.73. The van der Waals surface area contributed by atoms with Crippen LogP contribution >= 0.6 is 0 Å². The molecular formula is C13H16N4O2S. The smallest absolute Gasteiger partial charge is 0.214 e. The number of pyridine rings is 1. The predicted octanol–water partition coefficient (Wildman–Crippen LogP) is 1.06. The topological polar surface area (TPSA) is 76.9 Å². The van der Waals surface area contributed by atoms with Gasteiger partial charge in [-0.15, -0.1) is 0 Å². The molecular weight excluding hydrogens is 276 g/mol. The van der Waals surface area contributed by atoms with Crippen LogP contribution in [0.25, 0.3) is 11.3 Å². The standard InChI is InChI=1S/C13H16N4O2S/c1-17-9-11(8-15-17)13-5-2-10(6-14-13)7-16-20(18,19)12-3-4-12/h2,5-6,8-9,12,16H,3-4,7H2,1H3. The van der Waals surface area contributed by atoms with Crippen molar-refractivity contribution in [3.8, 4) is 11.3 Å². The molecule has 1 N–H and O–H groups in total. The molecule has 0 atom stereocenters. The van der Waals surface area contributed by atoms with E-state index in [-0.39, 0.29) is 5.25 Å². The lowest BCUT2D eigenvalue weighted by molar-refractivity contribution is 0.580. The van der Waals surface area contributed by atoms with Crippen molar-refractivity contribution < 1.29 is 8.42 Å². The van der Waals surface area contributed by atoms with Gasteiger partial charge in [0.15, 0.2) is 0 Å². The highest BCUT2D eigenvalue weighted by molar-refractivity contribution is 7.90. The summed E-state index contributed by atoms with van der Waals surface area (Å²) < 4.78 is 27.8. The maximum atomic E-state index is 11.7. The van der Waals surface area contributed by atoms with Gasteiger partial charge in [-0.1, -0.05) is 6.07 Å². The lowest BCUT2D eigenvalue weighted by Crippen LogP contribution is -2.26. The molecule has 0 amide bonds. The van der Waals surface area contributed by atoms with Crippen molar-refractivity contribution in [3.63, 3.8) is 0 Å². The molecule has 3 rings (SSSR count). The summed E-state index contributed by atoms with van der Waals surface area (Å²) in [5.74, 6) is 0. The Bertz CT molecular complexity index is 702. The number of aromatic nitrogens is 3. The van der Waals surface area contributed by atoms with Crippen LogP contribution in [0.1, 0.15) is 18.4 Å². The van der Waals surface area contributed by atoms with Crippen molar-refractivity contribution in [1.29, 1.82) is 0 Å². The second-order valence-electron chi connectivity index (χ2n) is 5.02. The van der Waals surface area contributed by atoms with E-state index < -0.39 is 10.0 Å². The molecule has 2 aromatic rings. The molecule has 0 radical (unpaired) electrons. The summed E-state index contributed by atoms with van der Waals surface area (Å²) in [4.78, 5) is 4.34. The largest absolute Gasteiger partial charge is 0.275 e. The van der Waals surface area contributed by atoms with Crippen LogP contribution in [0, 0.1) is 0 Å². The highest BCUT2D eigenvalue weighted by Crippen LogP contribution is 2.27. The lowest BCUT2D eigenvalue weighted by Gasteiger charge is -2.05. The summed E-state index contributed by atoms with van der Waals surface area (Å²) >= 11 is 0. The van der Waals surface area contributed by atoms with E-state index in [9.17, 15) is 8.42 Å². The number of aryl methyl sites for hydroxylation is 1. The number of sulfonamides is 1. The highest BCUT2D eigenvalue weighted by Gasteiger charge is 2.35. The van der Waals surface area contributed by atoms with Crippen LogP contribution < -0.4 is 4.72 Å². The summed E-state index contributed by atoms with van der Waals surface area (Å²) in [6.07, 6.45) is 6.87. The van der Waals surface area contributed by atoms with E-state index in [4.69, 9.17) is 0 Å². The van der Waals surface area contributed by atoms with E-state index in [0.717, 1.165) is 29.7 Å². The second kappa shape index (κ2) is 4.99. The monoisotopic (exact) mass is 292 g/mol. The van der Waals surface area contributed by atoms with Crippen molar-refractivity contribution in [2.45, 2.75) is 24.6 Å². The number of hydrogen-bond donors (Lipinski definition) is 1. The zero-order valence-electron chi connectivity index (χ0n) is 11.2. The zero-order chi connectivity index (χ0) is 14.2. The molecule has 1 fully saturated rings. The molecule has 1 saturated carbocycles. The molecule has 2 heterocycles. The fourth-order valence-electron chi connectivity index (χ4n) is 1.93. The number of nitrogens with one attached hydrogen (secondary N) is 1. The quantitative estimate of drug-likeness (QED) is 0.894. The van der Waals surface area contributed by atoms with Gasteiger partial charge in [-0.3, -0.25) is 9.67 Å². The molecule has 0 bridgehead atoms. The molecule has 1 aliphatic carbocycles. The van der Waals surface area contributed by atoms with Gasteiger partial charge in [-0.2, -0.15) is 5.10 Å². The number of nitrogens with zero attached hydrogens (tertiary/aromatic N) is 3. The van der Waals surface area contributed by atoms with Gasteiger partial charge in [0.1, 0.15) is 0 Å². The maximum absolute atomic E-state index is 11.7. The van der Waals surface area contributed by atoms with Crippen molar-refractivity contribution in [2.24, 2.45) is 7.05 Å². The Kier molecular flexibility index (Phi) is 3.31. The summed E-state index contributed by atoms with van der Waals surface area (Å²) in [6.45, 7) is 0.291. The van der Waals surface area contributed by atoms with Crippen LogP contribution in [-0.4, -0.2) is 28.4 Å². The van der Waals surface area contributed by atoms with Crippen LogP contribution in [0.3, 0.4) is 0 Å². The first-order valence-corrected chi connectivity index (χ1v) is 8.02. The first-order valence-electron chi connectivity index (χ1n) is 6.47. The molecule has 106 valence electrons. The van der Waals surface area contributed by atoms with E-state index in [1.165, 1.54) is 0 Å². The Labute approximate surface area is 117 Å². The Morgan fingerprint density at radius 2 is 2.15 bits per heavy atom. The van der Waals surface area contributed by atoms with Gasteiger partial charge in [0, 0.05) is 31.5 Å². The van der Waals surface area contributed by atoms with Gasteiger partial charge < -0.3 is 0 Å². The van der Waals surface area contributed by atoms with Gasteiger partial charge in [0.2, 0.25) is 10.0 Å². The predicted molar refractivity (Wildman–Crippen MR) is 75.2 cm³/mol. The number of rotatable bonds is 5. The SMILES string of the molecule is Cn1cc(-c2ccc(CNS(=O)(=O)C3CC3)cn2)cn1. The third-order valence-corrected chi connectivity index (χ3v) is 5.16. The summed E-state index contributed by atoms with van der Waals surface area (Å²) in [6, 6.07) is 3.75. The first-order chi connectivity index (χ1) is 9.54. The molecule has 0 saturated heterocycles. The van der Waals surface area contributed by atoms with Crippen LogP contribution in [-0.2, 0) is 23.6 Å². The zero-order valence-corrected chi connectivity index (χ0v) is 12.0. The van der Waals surface area contributed by atoms with E-state index in [0.29, 0.717) is 6.54 Å². The van der Waals surface area contributed by atoms with Gasteiger partial charge in [-0.05, 0) is 24.5 Å². The number of hydrogen-bond acceptors (Lipinski definition) is 4. The van der Waals surface area contributed by atoms with Crippen molar-refractivity contribution in [3.05, 3.63) is 36.3 Å². The summed E-state index contributed by atoms with van der Waals surface area (Å²) in [7, 11) is -1.28. The molecule has 6 nitrogen and oxygen atoms in total. The summed E-state index contributed by atoms with van der Waals surface area (Å²) in [5.41, 5.74) is 2.62. The third kappa shape index (κ3) is 2.88. The van der Waals surface area contributed by atoms with Gasteiger partial charge in [-0.25, -0.2) is 13.1 Å². The molecule has 20 heavy (non-hydrogen) atoms. The van der Waals surface area contributed by atoms with Crippen LogP contribution in [0.15, 0.2) is 30.7 Å². The fraction of sp³-hybridized carbons (Fsp3) is 0.385. The summed E-state index contributed by atoms with van der Waals surface area (Å²) in [5, 5.41) is 3.91. The molecule has 0 spiro atoms. The Morgan fingerprint density at radius 3 is 2.70 bits per heavy atom. The molecule has 0 aliphatic heterocycles. The first kappa shape index (κ1) is 13.3. The second-order valence-corrected chi connectivity index (χ2v) is 7.07. The molecule has 2 aromatic heterocycles.